The molecule has 2 unspecified atom stereocenters. The van der Waals surface area contributed by atoms with Crippen LogP contribution in [0.1, 0.15) is 28.4 Å². The van der Waals surface area contributed by atoms with Crippen LogP contribution in [0, 0.1) is 0 Å². The van der Waals surface area contributed by atoms with Crippen molar-refractivity contribution in [3.05, 3.63) is 58.7 Å². The maximum atomic E-state index is 10.7. The van der Waals surface area contributed by atoms with Crippen LogP contribution in [0.15, 0.2) is 36.4 Å². The van der Waals surface area contributed by atoms with Crippen LogP contribution in [-0.2, 0) is 22.3 Å². The predicted molar refractivity (Wildman–Crippen MR) is 83.9 cm³/mol. The SMILES string of the molecule is OC1c2ccc(CC3CO3)cc2Oc2cc(CC3CO3)ccc21. The summed E-state index contributed by atoms with van der Waals surface area (Å²) in [6.45, 7) is 1.69. The van der Waals surface area contributed by atoms with Gasteiger partial charge in [-0.2, -0.15) is 0 Å². The number of rotatable bonds is 4. The zero-order valence-corrected chi connectivity index (χ0v) is 12.7. The highest BCUT2D eigenvalue weighted by Crippen LogP contribution is 2.44. The van der Waals surface area contributed by atoms with Crippen LogP contribution in [0.2, 0.25) is 0 Å². The van der Waals surface area contributed by atoms with Gasteiger partial charge in [-0.25, -0.2) is 0 Å². The normalized spacial score (nSPS) is 26.9. The molecule has 2 fully saturated rings. The molecule has 0 aromatic heterocycles. The highest BCUT2D eigenvalue weighted by Gasteiger charge is 2.29. The molecule has 2 aromatic carbocycles. The monoisotopic (exact) mass is 310 g/mol. The molecule has 0 radical (unpaired) electrons. The van der Waals surface area contributed by atoms with Gasteiger partial charge >= 0.3 is 0 Å². The van der Waals surface area contributed by atoms with Crippen molar-refractivity contribution in [3.8, 4) is 11.5 Å². The number of aliphatic hydroxyl groups excluding tert-OH is 1. The second kappa shape index (κ2) is 5.06. The van der Waals surface area contributed by atoms with Gasteiger partial charge in [-0.3, -0.25) is 0 Å². The second-order valence-corrected chi connectivity index (χ2v) is 6.57. The second-order valence-electron chi connectivity index (χ2n) is 6.57. The predicted octanol–water partition coefficient (Wildman–Crippen LogP) is 2.76. The Hall–Kier alpha value is -1.88. The average Bonchev–Trinajstić information content (AvgIpc) is 3.44. The quantitative estimate of drug-likeness (QED) is 0.882. The lowest BCUT2D eigenvalue weighted by atomic mass is 9.94. The van der Waals surface area contributed by atoms with Crippen LogP contribution < -0.4 is 4.74 Å². The summed E-state index contributed by atoms with van der Waals surface area (Å²) in [5.41, 5.74) is 4.03. The van der Waals surface area contributed by atoms with Gasteiger partial charge in [0.25, 0.3) is 0 Å². The molecular formula is C19H18O4. The Morgan fingerprint density at radius 1 is 0.826 bits per heavy atom. The lowest BCUT2D eigenvalue weighted by Gasteiger charge is -2.25. The van der Waals surface area contributed by atoms with E-state index in [1.165, 1.54) is 11.1 Å². The van der Waals surface area contributed by atoms with Gasteiger partial charge in [-0.15, -0.1) is 0 Å². The van der Waals surface area contributed by atoms with Crippen LogP contribution in [0.4, 0.5) is 0 Å². The standard InChI is InChI=1S/C19H18O4/c20-19-15-3-1-11(5-13-9-21-13)7-17(15)23-18-8-12(2-4-16(18)19)6-14-10-22-14/h1-4,7-8,13-14,19-20H,5-6,9-10H2. The minimum atomic E-state index is -0.633. The molecule has 4 heteroatoms. The van der Waals surface area contributed by atoms with Crippen LogP contribution in [0.3, 0.4) is 0 Å². The van der Waals surface area contributed by atoms with Gasteiger partial charge in [0.1, 0.15) is 17.6 Å². The van der Waals surface area contributed by atoms with E-state index in [1.807, 2.05) is 24.3 Å². The summed E-state index contributed by atoms with van der Waals surface area (Å²) in [5.74, 6) is 1.51. The molecule has 3 aliphatic heterocycles. The Labute approximate surface area is 134 Å². The van der Waals surface area contributed by atoms with Crippen molar-refractivity contribution in [1.29, 1.82) is 0 Å². The van der Waals surface area contributed by atoms with Crippen LogP contribution in [-0.4, -0.2) is 30.5 Å². The minimum absolute atomic E-state index is 0.346. The summed E-state index contributed by atoms with van der Waals surface area (Å²) < 4.78 is 16.7. The van der Waals surface area contributed by atoms with Crippen molar-refractivity contribution in [1.82, 2.24) is 0 Å². The zero-order valence-electron chi connectivity index (χ0n) is 12.7. The third kappa shape index (κ3) is 2.63. The van der Waals surface area contributed by atoms with Crippen molar-refractivity contribution < 1.29 is 19.3 Å². The molecule has 4 nitrogen and oxygen atoms in total. The molecule has 0 aliphatic carbocycles. The smallest absolute Gasteiger partial charge is 0.133 e. The molecule has 0 spiro atoms. The van der Waals surface area contributed by atoms with Crippen LogP contribution in [0.25, 0.3) is 0 Å². The van der Waals surface area contributed by atoms with Crippen LogP contribution >= 0.6 is 0 Å². The average molecular weight is 310 g/mol. The van der Waals surface area contributed by atoms with E-state index in [4.69, 9.17) is 14.2 Å². The van der Waals surface area contributed by atoms with Crippen molar-refractivity contribution in [2.75, 3.05) is 13.2 Å². The van der Waals surface area contributed by atoms with Crippen molar-refractivity contribution in [3.63, 3.8) is 0 Å². The van der Waals surface area contributed by atoms with E-state index in [0.717, 1.165) is 48.7 Å². The fraction of sp³-hybridized carbons (Fsp3) is 0.368. The van der Waals surface area contributed by atoms with E-state index in [1.54, 1.807) is 0 Å². The molecule has 0 saturated carbocycles. The fourth-order valence-electron chi connectivity index (χ4n) is 3.22. The van der Waals surface area contributed by atoms with Gasteiger partial charge in [-0.05, 0) is 23.3 Å². The minimum Gasteiger partial charge on any atom is -0.457 e. The molecule has 2 atom stereocenters. The van der Waals surface area contributed by atoms with Crippen LogP contribution in [0.5, 0.6) is 11.5 Å². The zero-order chi connectivity index (χ0) is 15.4. The summed E-state index contributed by atoms with van der Waals surface area (Å²) in [7, 11) is 0. The molecule has 23 heavy (non-hydrogen) atoms. The lowest BCUT2D eigenvalue weighted by Crippen LogP contribution is -2.11. The number of fused-ring (bicyclic) bond motifs is 2. The van der Waals surface area contributed by atoms with E-state index in [0.29, 0.717) is 12.2 Å². The summed E-state index contributed by atoms with van der Waals surface area (Å²) in [6, 6.07) is 12.1. The summed E-state index contributed by atoms with van der Waals surface area (Å²) in [6.07, 6.45) is 1.86. The first-order valence-corrected chi connectivity index (χ1v) is 8.11. The van der Waals surface area contributed by atoms with E-state index in [9.17, 15) is 5.11 Å². The Bertz CT molecular complexity index is 698. The fourth-order valence-corrected chi connectivity index (χ4v) is 3.22. The first-order valence-electron chi connectivity index (χ1n) is 8.11. The molecule has 2 aromatic rings. The number of hydrogen-bond acceptors (Lipinski definition) is 4. The Morgan fingerprint density at radius 3 is 1.74 bits per heavy atom. The maximum Gasteiger partial charge on any atom is 0.133 e. The number of benzene rings is 2. The molecule has 2 saturated heterocycles. The third-order valence-electron chi connectivity index (χ3n) is 4.70. The van der Waals surface area contributed by atoms with E-state index >= 15 is 0 Å². The van der Waals surface area contributed by atoms with Crippen molar-refractivity contribution in [2.24, 2.45) is 0 Å². The lowest BCUT2D eigenvalue weighted by molar-refractivity contribution is 0.203. The largest absolute Gasteiger partial charge is 0.457 e. The van der Waals surface area contributed by atoms with Gasteiger partial charge in [0.15, 0.2) is 0 Å². The molecule has 3 heterocycles. The first kappa shape index (κ1) is 13.5. The Balaban J connectivity index is 1.46. The Kier molecular flexibility index (Phi) is 2.98. The number of ether oxygens (including phenoxy) is 3. The molecule has 118 valence electrons. The Morgan fingerprint density at radius 2 is 1.30 bits per heavy atom. The van der Waals surface area contributed by atoms with Gasteiger partial charge in [-0.1, -0.05) is 24.3 Å². The molecule has 0 amide bonds. The van der Waals surface area contributed by atoms with Gasteiger partial charge < -0.3 is 19.3 Å². The molecular weight excluding hydrogens is 292 g/mol. The van der Waals surface area contributed by atoms with Gasteiger partial charge in [0.2, 0.25) is 0 Å². The van der Waals surface area contributed by atoms with Gasteiger partial charge in [0, 0.05) is 24.0 Å². The molecule has 1 N–H and O–H groups in total. The van der Waals surface area contributed by atoms with Crippen molar-refractivity contribution >= 4 is 0 Å². The topological polar surface area (TPSA) is 54.5 Å². The van der Waals surface area contributed by atoms with Crippen molar-refractivity contribution in [2.45, 2.75) is 31.2 Å². The number of epoxide rings is 2. The highest BCUT2D eigenvalue weighted by atomic mass is 16.6. The number of hydrogen-bond donors (Lipinski definition) is 1. The molecule has 3 aliphatic rings. The summed E-state index contributed by atoms with van der Waals surface area (Å²) >= 11 is 0. The summed E-state index contributed by atoms with van der Waals surface area (Å²) in [4.78, 5) is 0. The van der Waals surface area contributed by atoms with Gasteiger partial charge in [0.05, 0.1) is 25.4 Å². The number of aliphatic hydroxyl groups is 1. The van der Waals surface area contributed by atoms with E-state index in [-0.39, 0.29) is 0 Å². The first-order chi connectivity index (χ1) is 11.3. The van der Waals surface area contributed by atoms with E-state index < -0.39 is 6.10 Å². The maximum absolute atomic E-state index is 10.7. The third-order valence-corrected chi connectivity index (χ3v) is 4.70. The summed E-state index contributed by atoms with van der Waals surface area (Å²) in [5, 5.41) is 10.7. The molecule has 5 rings (SSSR count). The van der Waals surface area contributed by atoms with E-state index in [2.05, 4.69) is 12.1 Å². The molecule has 0 bridgehead atoms. The highest BCUT2D eigenvalue weighted by molar-refractivity contribution is 5.54.